The maximum atomic E-state index is 6.29. The average Bonchev–Trinajstić information content (AvgIpc) is 2.07. The first-order valence-corrected chi connectivity index (χ1v) is 11.0. The Kier molecular flexibility index (Phi) is 3.25. The molecule has 3 unspecified atom stereocenters. The van der Waals surface area contributed by atoms with E-state index in [4.69, 9.17) is 52.2 Å². The van der Waals surface area contributed by atoms with Crippen LogP contribution in [0.5, 0.6) is 0 Å². The molecule has 3 heterocycles. The molecular formula is C10H15Cl3O4Si. The molecule has 3 atom stereocenters. The van der Waals surface area contributed by atoms with Gasteiger partial charge in [-0.2, -0.15) is 0 Å². The van der Waals surface area contributed by atoms with Crippen molar-refractivity contribution in [3.05, 3.63) is 0 Å². The summed E-state index contributed by atoms with van der Waals surface area (Å²) in [5, 5.41) is -0.848. The van der Waals surface area contributed by atoms with E-state index in [0.29, 0.717) is 26.2 Å². The summed E-state index contributed by atoms with van der Waals surface area (Å²) < 4.78 is 22.9. The van der Waals surface area contributed by atoms with Crippen LogP contribution in [-0.2, 0) is 18.9 Å². The summed E-state index contributed by atoms with van der Waals surface area (Å²) in [6.07, 6.45) is 2.16. The molecule has 0 bridgehead atoms. The quantitative estimate of drug-likeness (QED) is 0.584. The van der Waals surface area contributed by atoms with Crippen molar-refractivity contribution in [1.29, 1.82) is 0 Å². The average molecular weight is 334 g/mol. The van der Waals surface area contributed by atoms with Gasteiger partial charge >= 0.3 is 6.00 Å². The number of hydrogen-bond donors (Lipinski definition) is 0. The Morgan fingerprint density at radius 2 is 1.44 bits per heavy atom. The van der Waals surface area contributed by atoms with Gasteiger partial charge in [0.15, 0.2) is 5.60 Å². The van der Waals surface area contributed by atoms with Crippen LogP contribution in [0.2, 0.25) is 0 Å². The fraction of sp³-hybridized carbons (Fsp3) is 1.00. The second kappa shape index (κ2) is 4.21. The van der Waals surface area contributed by atoms with E-state index in [1.807, 2.05) is 0 Å². The summed E-state index contributed by atoms with van der Waals surface area (Å²) in [5.74, 6) is -0.817. The standard InChI is InChI=1S/C10H15Cl3O4Si/c1-14-9(3-6-16-9)8(2-5-15-8)10(4-7-17-10)18(11,12)13/h2-7H2,1H3. The van der Waals surface area contributed by atoms with Crippen LogP contribution in [0.4, 0.5) is 0 Å². The second-order valence-electron chi connectivity index (χ2n) is 4.90. The Morgan fingerprint density at radius 1 is 0.944 bits per heavy atom. The molecule has 0 aliphatic carbocycles. The molecule has 0 radical (unpaired) electrons. The molecule has 104 valence electrons. The van der Waals surface area contributed by atoms with Crippen molar-refractivity contribution in [1.82, 2.24) is 0 Å². The first kappa shape index (κ1) is 13.9. The summed E-state index contributed by atoms with van der Waals surface area (Å²) in [7, 11) is 1.61. The summed E-state index contributed by atoms with van der Waals surface area (Å²) in [5.41, 5.74) is -0.761. The third-order valence-corrected chi connectivity index (χ3v) is 8.89. The number of ether oxygens (including phenoxy) is 4. The molecule has 3 saturated heterocycles. The smallest absolute Gasteiger partial charge is 0.371 e. The fourth-order valence-electron chi connectivity index (χ4n) is 3.24. The van der Waals surface area contributed by atoms with Gasteiger partial charge in [-0.05, 0) is 0 Å². The molecule has 0 saturated carbocycles. The van der Waals surface area contributed by atoms with Gasteiger partial charge < -0.3 is 18.9 Å². The van der Waals surface area contributed by atoms with Crippen molar-refractivity contribution in [2.75, 3.05) is 26.9 Å². The zero-order valence-electron chi connectivity index (χ0n) is 10.0. The molecule has 3 aliphatic heterocycles. The first-order valence-electron chi connectivity index (χ1n) is 5.97. The van der Waals surface area contributed by atoms with E-state index >= 15 is 0 Å². The molecule has 0 aromatic heterocycles. The molecule has 0 aromatic rings. The lowest BCUT2D eigenvalue weighted by molar-refractivity contribution is -0.443. The van der Waals surface area contributed by atoms with Crippen molar-refractivity contribution < 1.29 is 18.9 Å². The van der Waals surface area contributed by atoms with Crippen molar-refractivity contribution >= 4 is 39.2 Å². The minimum atomic E-state index is -3.13. The van der Waals surface area contributed by atoms with Gasteiger partial charge in [-0.3, -0.25) is 0 Å². The van der Waals surface area contributed by atoms with Gasteiger partial charge in [0.25, 0.3) is 0 Å². The molecule has 3 rings (SSSR count). The Balaban J connectivity index is 2.01. The van der Waals surface area contributed by atoms with E-state index in [-0.39, 0.29) is 0 Å². The Hall–Kier alpha value is 0.927. The molecule has 4 nitrogen and oxygen atoms in total. The van der Waals surface area contributed by atoms with Gasteiger partial charge in [-0.1, -0.05) is 0 Å². The van der Waals surface area contributed by atoms with E-state index in [2.05, 4.69) is 0 Å². The molecule has 3 aliphatic rings. The van der Waals surface area contributed by atoms with E-state index < -0.39 is 22.6 Å². The minimum absolute atomic E-state index is 0.589. The van der Waals surface area contributed by atoms with Gasteiger partial charge in [0.2, 0.25) is 5.79 Å². The number of hydrogen-bond acceptors (Lipinski definition) is 4. The third-order valence-electron chi connectivity index (χ3n) is 4.43. The molecule has 0 amide bonds. The molecule has 0 N–H and O–H groups in total. The van der Waals surface area contributed by atoms with Crippen LogP contribution in [-0.4, -0.2) is 49.5 Å². The van der Waals surface area contributed by atoms with Crippen LogP contribution in [0, 0.1) is 0 Å². The van der Waals surface area contributed by atoms with Gasteiger partial charge in [0, 0.05) is 33.0 Å². The lowest BCUT2D eigenvalue weighted by atomic mass is 9.73. The molecule has 18 heavy (non-hydrogen) atoms. The highest BCUT2D eigenvalue weighted by Crippen LogP contribution is 2.62. The molecular weight excluding hydrogens is 319 g/mol. The molecule has 8 heteroatoms. The van der Waals surface area contributed by atoms with Gasteiger partial charge in [0.05, 0.1) is 13.2 Å². The van der Waals surface area contributed by atoms with E-state index in [1.165, 1.54) is 0 Å². The van der Waals surface area contributed by atoms with Gasteiger partial charge in [-0.15, -0.1) is 33.2 Å². The van der Waals surface area contributed by atoms with Crippen LogP contribution in [0.3, 0.4) is 0 Å². The zero-order valence-corrected chi connectivity index (χ0v) is 13.3. The predicted molar refractivity (Wildman–Crippen MR) is 70.2 cm³/mol. The normalized spacial score (nSPS) is 48.0. The number of halogens is 3. The van der Waals surface area contributed by atoms with Gasteiger partial charge in [0.1, 0.15) is 5.22 Å². The van der Waals surface area contributed by atoms with Crippen molar-refractivity contribution in [2.24, 2.45) is 0 Å². The van der Waals surface area contributed by atoms with E-state index in [1.54, 1.807) is 7.11 Å². The largest absolute Gasteiger partial charge is 0.375 e. The van der Waals surface area contributed by atoms with E-state index in [9.17, 15) is 0 Å². The SMILES string of the molecule is COC1(C2(C3([Si](Cl)(Cl)Cl)CCO3)CCO2)CCO1. The van der Waals surface area contributed by atoms with Crippen LogP contribution < -0.4 is 0 Å². The van der Waals surface area contributed by atoms with Crippen LogP contribution in [0.25, 0.3) is 0 Å². The Morgan fingerprint density at radius 3 is 1.61 bits per heavy atom. The lowest BCUT2D eigenvalue weighted by Crippen LogP contribution is -2.85. The zero-order chi connectivity index (χ0) is 13.1. The highest BCUT2D eigenvalue weighted by molar-refractivity contribution is 7.65. The van der Waals surface area contributed by atoms with Crippen molar-refractivity contribution in [2.45, 2.75) is 35.9 Å². The first-order chi connectivity index (χ1) is 8.43. The third kappa shape index (κ3) is 1.42. The van der Waals surface area contributed by atoms with Crippen LogP contribution >= 0.6 is 33.2 Å². The predicted octanol–water partition coefficient (Wildman–Crippen LogP) is 2.26. The summed E-state index contributed by atoms with van der Waals surface area (Å²) >= 11 is 18.9. The van der Waals surface area contributed by atoms with Crippen LogP contribution in [0.15, 0.2) is 0 Å². The van der Waals surface area contributed by atoms with Crippen molar-refractivity contribution in [3.8, 4) is 0 Å². The lowest BCUT2D eigenvalue weighted by Gasteiger charge is -2.67. The Bertz CT molecular complexity index is 342. The summed E-state index contributed by atoms with van der Waals surface area (Å²) in [4.78, 5) is 0. The maximum Gasteiger partial charge on any atom is 0.375 e. The molecule has 0 spiro atoms. The van der Waals surface area contributed by atoms with Gasteiger partial charge in [-0.25, -0.2) is 0 Å². The fourth-order valence-corrected chi connectivity index (χ4v) is 7.45. The van der Waals surface area contributed by atoms with Crippen LogP contribution in [0.1, 0.15) is 19.3 Å². The van der Waals surface area contributed by atoms with E-state index in [0.717, 1.165) is 12.8 Å². The number of rotatable bonds is 4. The molecule has 3 fully saturated rings. The topological polar surface area (TPSA) is 36.9 Å². The highest BCUT2D eigenvalue weighted by Gasteiger charge is 2.80. The highest BCUT2D eigenvalue weighted by atomic mass is 35.8. The Labute approximate surface area is 121 Å². The summed E-state index contributed by atoms with van der Waals surface area (Å²) in [6.45, 7) is 1.84. The maximum absolute atomic E-state index is 6.29. The second-order valence-corrected chi connectivity index (χ2v) is 13.6. The molecule has 0 aromatic carbocycles. The summed E-state index contributed by atoms with van der Waals surface area (Å²) in [6, 6.07) is -3.13. The van der Waals surface area contributed by atoms with Crippen molar-refractivity contribution in [3.63, 3.8) is 0 Å². The minimum Gasteiger partial charge on any atom is -0.371 e. The monoisotopic (exact) mass is 332 g/mol. The number of methoxy groups -OCH3 is 1.